The summed E-state index contributed by atoms with van der Waals surface area (Å²) in [5.41, 5.74) is 3.12. The molecular weight excluding hydrogens is 298 g/mol. The molecule has 0 amide bonds. The lowest BCUT2D eigenvalue weighted by Gasteiger charge is -2.28. The number of benzene rings is 2. The third kappa shape index (κ3) is 3.72. The van der Waals surface area contributed by atoms with Gasteiger partial charge in [-0.15, -0.1) is 0 Å². The lowest BCUT2D eigenvalue weighted by Crippen LogP contribution is -2.38. The van der Waals surface area contributed by atoms with Crippen LogP contribution in [0.2, 0.25) is 0 Å². The molecule has 24 heavy (non-hydrogen) atoms. The minimum Gasteiger partial charge on any atom is -0.395 e. The normalized spacial score (nSPS) is 13.6. The fraction of sp³-hybridized carbons (Fsp3) is 0.250. The van der Waals surface area contributed by atoms with Gasteiger partial charge in [0, 0.05) is 30.9 Å². The van der Waals surface area contributed by atoms with Crippen molar-refractivity contribution in [2.75, 3.05) is 13.2 Å². The molecule has 1 unspecified atom stereocenters. The van der Waals surface area contributed by atoms with Crippen LogP contribution in [0.25, 0.3) is 5.69 Å². The quantitative estimate of drug-likeness (QED) is 0.703. The maximum atomic E-state index is 9.83. The molecule has 1 heterocycles. The summed E-state index contributed by atoms with van der Waals surface area (Å²) in [6.45, 7) is 3.68. The van der Waals surface area contributed by atoms with E-state index in [1.54, 1.807) is 6.20 Å². The Morgan fingerprint density at radius 2 is 1.79 bits per heavy atom. The SMILES string of the molecule is CC(CO)(CNCc1ccc(-n2cccn2)cc1)c1ccccc1. The van der Waals surface area contributed by atoms with Crippen molar-refractivity contribution in [3.8, 4) is 5.69 Å². The highest BCUT2D eigenvalue weighted by molar-refractivity contribution is 5.33. The summed E-state index contributed by atoms with van der Waals surface area (Å²) in [7, 11) is 0. The first-order valence-electron chi connectivity index (χ1n) is 8.17. The Morgan fingerprint density at radius 1 is 1.04 bits per heavy atom. The molecule has 124 valence electrons. The lowest BCUT2D eigenvalue weighted by atomic mass is 9.83. The van der Waals surface area contributed by atoms with Crippen LogP contribution in [0.3, 0.4) is 0 Å². The summed E-state index contributed by atoms with van der Waals surface area (Å²) in [6.07, 6.45) is 3.70. The predicted octanol–water partition coefficient (Wildman–Crippen LogP) is 2.91. The summed E-state index contributed by atoms with van der Waals surface area (Å²) in [6, 6.07) is 20.4. The van der Waals surface area contributed by atoms with Crippen molar-refractivity contribution in [1.82, 2.24) is 15.1 Å². The van der Waals surface area contributed by atoms with Gasteiger partial charge in [-0.1, -0.05) is 49.4 Å². The first-order chi connectivity index (χ1) is 11.7. The van der Waals surface area contributed by atoms with E-state index in [0.29, 0.717) is 6.54 Å². The van der Waals surface area contributed by atoms with E-state index in [4.69, 9.17) is 0 Å². The van der Waals surface area contributed by atoms with Crippen molar-refractivity contribution >= 4 is 0 Å². The molecule has 0 aliphatic carbocycles. The number of aliphatic hydroxyl groups is 1. The fourth-order valence-corrected chi connectivity index (χ4v) is 2.76. The number of rotatable bonds is 7. The van der Waals surface area contributed by atoms with Crippen LogP contribution in [0, 0.1) is 0 Å². The monoisotopic (exact) mass is 321 g/mol. The number of hydrogen-bond acceptors (Lipinski definition) is 3. The highest BCUT2D eigenvalue weighted by Gasteiger charge is 2.25. The van der Waals surface area contributed by atoms with Crippen molar-refractivity contribution in [1.29, 1.82) is 0 Å². The molecule has 1 atom stereocenters. The van der Waals surface area contributed by atoms with Gasteiger partial charge in [-0.2, -0.15) is 5.10 Å². The Kier molecular flexibility index (Phi) is 5.08. The molecule has 2 aromatic carbocycles. The van der Waals surface area contributed by atoms with Crippen molar-refractivity contribution < 1.29 is 5.11 Å². The molecule has 0 aliphatic rings. The second-order valence-corrected chi connectivity index (χ2v) is 6.31. The van der Waals surface area contributed by atoms with Gasteiger partial charge >= 0.3 is 0 Å². The summed E-state index contributed by atoms with van der Waals surface area (Å²) < 4.78 is 1.84. The molecular formula is C20H23N3O. The average molecular weight is 321 g/mol. The molecule has 0 fully saturated rings. The Hall–Kier alpha value is -2.43. The minimum atomic E-state index is -0.281. The largest absolute Gasteiger partial charge is 0.395 e. The third-order valence-electron chi connectivity index (χ3n) is 4.37. The van der Waals surface area contributed by atoms with E-state index in [-0.39, 0.29) is 12.0 Å². The van der Waals surface area contributed by atoms with Gasteiger partial charge in [-0.05, 0) is 29.3 Å². The Labute approximate surface area is 142 Å². The maximum Gasteiger partial charge on any atom is 0.0645 e. The molecule has 3 rings (SSSR count). The molecule has 0 saturated heterocycles. The molecule has 2 N–H and O–H groups in total. The van der Waals surface area contributed by atoms with Crippen molar-refractivity contribution in [2.24, 2.45) is 0 Å². The van der Waals surface area contributed by atoms with E-state index >= 15 is 0 Å². The lowest BCUT2D eigenvalue weighted by molar-refractivity contribution is 0.201. The van der Waals surface area contributed by atoms with Crippen LogP contribution in [0.15, 0.2) is 73.1 Å². The van der Waals surface area contributed by atoms with E-state index in [1.807, 2.05) is 35.1 Å². The van der Waals surface area contributed by atoms with Crippen LogP contribution >= 0.6 is 0 Å². The first kappa shape index (κ1) is 16.4. The van der Waals surface area contributed by atoms with Crippen LogP contribution in [0.1, 0.15) is 18.1 Å². The summed E-state index contributed by atoms with van der Waals surface area (Å²) in [5, 5.41) is 17.5. The predicted molar refractivity (Wildman–Crippen MR) is 96.2 cm³/mol. The van der Waals surface area contributed by atoms with Crippen LogP contribution in [0.5, 0.6) is 0 Å². The smallest absolute Gasteiger partial charge is 0.0645 e. The summed E-state index contributed by atoms with van der Waals surface area (Å²) in [5.74, 6) is 0. The van der Waals surface area contributed by atoms with Crippen LogP contribution in [-0.2, 0) is 12.0 Å². The van der Waals surface area contributed by atoms with Crippen molar-refractivity contribution in [2.45, 2.75) is 18.9 Å². The standard InChI is InChI=1S/C20H23N3O/c1-20(16-24,18-6-3-2-4-7-18)15-21-14-17-8-10-19(11-9-17)23-13-5-12-22-23/h2-13,21,24H,14-16H2,1H3. The number of nitrogens with one attached hydrogen (secondary N) is 1. The molecule has 0 radical (unpaired) electrons. The van der Waals surface area contributed by atoms with E-state index in [2.05, 4.69) is 53.7 Å². The fourth-order valence-electron chi connectivity index (χ4n) is 2.76. The third-order valence-corrected chi connectivity index (χ3v) is 4.37. The Morgan fingerprint density at radius 3 is 2.42 bits per heavy atom. The van der Waals surface area contributed by atoms with Gasteiger partial charge in [0.25, 0.3) is 0 Å². The van der Waals surface area contributed by atoms with E-state index in [1.165, 1.54) is 5.56 Å². The molecule has 0 aliphatic heterocycles. The number of hydrogen-bond donors (Lipinski definition) is 2. The van der Waals surface area contributed by atoms with Crippen LogP contribution in [-0.4, -0.2) is 28.0 Å². The van der Waals surface area contributed by atoms with Crippen LogP contribution < -0.4 is 5.32 Å². The first-order valence-corrected chi connectivity index (χ1v) is 8.17. The second kappa shape index (κ2) is 7.43. The molecule has 3 aromatic rings. The highest BCUT2D eigenvalue weighted by atomic mass is 16.3. The average Bonchev–Trinajstić information content (AvgIpc) is 3.17. The Bertz CT molecular complexity index is 738. The Balaban J connectivity index is 1.59. The molecule has 0 saturated carbocycles. The maximum absolute atomic E-state index is 9.83. The van der Waals surface area contributed by atoms with Crippen LogP contribution in [0.4, 0.5) is 0 Å². The zero-order chi connectivity index (χ0) is 16.8. The molecule has 0 spiro atoms. The van der Waals surface area contributed by atoms with E-state index in [0.717, 1.165) is 17.8 Å². The molecule has 1 aromatic heterocycles. The summed E-state index contributed by atoms with van der Waals surface area (Å²) >= 11 is 0. The molecule has 4 heteroatoms. The highest BCUT2D eigenvalue weighted by Crippen LogP contribution is 2.22. The van der Waals surface area contributed by atoms with Gasteiger partial charge in [0.15, 0.2) is 0 Å². The number of aromatic nitrogens is 2. The summed E-state index contributed by atoms with van der Waals surface area (Å²) in [4.78, 5) is 0. The van der Waals surface area contributed by atoms with E-state index < -0.39 is 0 Å². The van der Waals surface area contributed by atoms with Gasteiger partial charge in [0.2, 0.25) is 0 Å². The van der Waals surface area contributed by atoms with Gasteiger partial charge in [-0.25, -0.2) is 4.68 Å². The van der Waals surface area contributed by atoms with Gasteiger partial charge in [0.1, 0.15) is 0 Å². The van der Waals surface area contributed by atoms with E-state index in [9.17, 15) is 5.11 Å². The topological polar surface area (TPSA) is 50.1 Å². The van der Waals surface area contributed by atoms with Gasteiger partial charge in [0.05, 0.1) is 12.3 Å². The van der Waals surface area contributed by atoms with Crippen molar-refractivity contribution in [3.63, 3.8) is 0 Å². The van der Waals surface area contributed by atoms with Gasteiger partial charge < -0.3 is 10.4 Å². The van der Waals surface area contributed by atoms with Crippen molar-refractivity contribution in [3.05, 3.63) is 84.2 Å². The van der Waals surface area contributed by atoms with Gasteiger partial charge in [-0.3, -0.25) is 0 Å². The number of nitrogens with zero attached hydrogens (tertiary/aromatic N) is 2. The zero-order valence-corrected chi connectivity index (χ0v) is 13.9. The second-order valence-electron chi connectivity index (χ2n) is 6.31. The number of aliphatic hydroxyl groups excluding tert-OH is 1. The molecule has 4 nitrogen and oxygen atoms in total. The minimum absolute atomic E-state index is 0.113. The zero-order valence-electron chi connectivity index (χ0n) is 13.9. The molecule has 0 bridgehead atoms.